The molecule has 1 fully saturated rings. The Morgan fingerprint density at radius 2 is 1.77 bits per heavy atom. The number of benzene rings is 2. The number of halogens is 2. The van der Waals surface area contributed by atoms with Crippen LogP contribution in [0.5, 0.6) is 0 Å². The largest absolute Gasteiger partial charge is 0.355 e. The molecular weight excluding hydrogens is 390 g/mol. The lowest BCUT2D eigenvalue weighted by Gasteiger charge is -2.32. The van der Waals surface area contributed by atoms with Crippen molar-refractivity contribution in [2.24, 2.45) is 5.92 Å². The van der Waals surface area contributed by atoms with Gasteiger partial charge < -0.3 is 10.2 Å². The fourth-order valence-electron chi connectivity index (χ4n) is 3.53. The van der Waals surface area contributed by atoms with E-state index < -0.39 is 11.6 Å². The Morgan fingerprint density at radius 1 is 1.00 bits per heavy atom. The second-order valence-corrected chi connectivity index (χ2v) is 7.15. The topological polar surface area (TPSA) is 67.2 Å². The molecule has 6 nitrogen and oxygen atoms in total. The minimum atomic E-state index is -0.466. The lowest BCUT2D eigenvalue weighted by atomic mass is 9.96. The van der Waals surface area contributed by atoms with E-state index in [1.165, 1.54) is 36.4 Å². The lowest BCUT2D eigenvalue weighted by molar-refractivity contribution is -0.120. The van der Waals surface area contributed by atoms with Crippen molar-refractivity contribution in [1.82, 2.24) is 9.78 Å². The smallest absolute Gasteiger partial charge is 0.271 e. The molecule has 154 valence electrons. The molecule has 0 spiro atoms. The van der Waals surface area contributed by atoms with Gasteiger partial charge in [0, 0.05) is 25.1 Å². The minimum absolute atomic E-state index is 0.175. The zero-order valence-corrected chi connectivity index (χ0v) is 16.1. The maximum absolute atomic E-state index is 13.8. The fraction of sp³-hybridized carbons (Fsp3) is 0.227. The van der Waals surface area contributed by atoms with Gasteiger partial charge in [-0.2, -0.15) is 4.68 Å². The number of anilines is 2. The van der Waals surface area contributed by atoms with Crippen LogP contribution in [0.4, 0.5) is 20.3 Å². The Balaban J connectivity index is 1.44. The van der Waals surface area contributed by atoms with E-state index in [-0.39, 0.29) is 23.1 Å². The van der Waals surface area contributed by atoms with Crippen LogP contribution in [0.25, 0.3) is 5.69 Å². The molecule has 0 atom stereocenters. The van der Waals surface area contributed by atoms with Crippen LogP contribution < -0.4 is 15.8 Å². The Labute approximate surface area is 171 Å². The van der Waals surface area contributed by atoms with Gasteiger partial charge in [0.2, 0.25) is 5.91 Å². The third-order valence-electron chi connectivity index (χ3n) is 5.16. The average molecular weight is 410 g/mol. The van der Waals surface area contributed by atoms with Gasteiger partial charge in [-0.3, -0.25) is 9.59 Å². The number of piperidine rings is 1. The molecule has 0 unspecified atom stereocenters. The molecule has 0 saturated carbocycles. The maximum atomic E-state index is 13.8. The molecule has 2 heterocycles. The molecule has 0 aliphatic carbocycles. The van der Waals surface area contributed by atoms with E-state index in [4.69, 9.17) is 0 Å². The van der Waals surface area contributed by atoms with Crippen LogP contribution in [-0.2, 0) is 4.79 Å². The highest BCUT2D eigenvalue weighted by Gasteiger charge is 2.26. The summed E-state index contributed by atoms with van der Waals surface area (Å²) in [5.41, 5.74) is 0.165. The van der Waals surface area contributed by atoms with Crippen molar-refractivity contribution in [2.45, 2.75) is 12.8 Å². The van der Waals surface area contributed by atoms with Crippen molar-refractivity contribution in [3.63, 3.8) is 0 Å². The van der Waals surface area contributed by atoms with Crippen molar-refractivity contribution in [3.05, 3.63) is 82.7 Å². The minimum Gasteiger partial charge on any atom is -0.355 e. The molecule has 4 rings (SSSR count). The summed E-state index contributed by atoms with van der Waals surface area (Å²) < 4.78 is 28.4. The van der Waals surface area contributed by atoms with E-state index in [1.54, 1.807) is 24.3 Å². The number of nitrogens with one attached hydrogen (secondary N) is 1. The normalized spacial score (nSPS) is 14.5. The molecule has 2 aromatic carbocycles. The van der Waals surface area contributed by atoms with E-state index in [9.17, 15) is 18.4 Å². The highest BCUT2D eigenvalue weighted by molar-refractivity contribution is 5.92. The van der Waals surface area contributed by atoms with Gasteiger partial charge >= 0.3 is 0 Å². The second-order valence-electron chi connectivity index (χ2n) is 7.15. The summed E-state index contributed by atoms with van der Waals surface area (Å²) in [5, 5.41) is 7.02. The maximum Gasteiger partial charge on any atom is 0.271 e. The van der Waals surface area contributed by atoms with Crippen LogP contribution in [0.3, 0.4) is 0 Å². The third-order valence-corrected chi connectivity index (χ3v) is 5.16. The molecule has 1 aliphatic heterocycles. The van der Waals surface area contributed by atoms with Gasteiger partial charge in [-0.05, 0) is 49.2 Å². The standard InChI is InChI=1S/C22H20F2N4O2/c23-16-4-3-5-17(14-16)28-21(29)9-8-20(26-28)27-12-10-15(11-13-27)22(30)25-19-7-2-1-6-18(19)24/h1-9,14-15H,10-13H2,(H,25,30). The monoisotopic (exact) mass is 410 g/mol. The Kier molecular flexibility index (Phi) is 5.56. The third kappa shape index (κ3) is 4.22. The summed E-state index contributed by atoms with van der Waals surface area (Å²) in [6, 6.07) is 14.8. The van der Waals surface area contributed by atoms with Crippen molar-refractivity contribution < 1.29 is 13.6 Å². The van der Waals surface area contributed by atoms with E-state index >= 15 is 0 Å². The molecule has 3 aromatic rings. The number of aromatic nitrogens is 2. The number of hydrogen-bond donors (Lipinski definition) is 1. The predicted octanol–water partition coefficient (Wildman–Crippen LogP) is 3.37. The number of hydrogen-bond acceptors (Lipinski definition) is 4. The summed E-state index contributed by atoms with van der Waals surface area (Å²) >= 11 is 0. The van der Waals surface area contributed by atoms with Gasteiger partial charge in [0.05, 0.1) is 11.4 Å². The van der Waals surface area contributed by atoms with Gasteiger partial charge in [0.15, 0.2) is 0 Å². The van der Waals surface area contributed by atoms with Crippen molar-refractivity contribution >= 4 is 17.4 Å². The summed E-state index contributed by atoms with van der Waals surface area (Å²) in [4.78, 5) is 26.6. The van der Waals surface area contributed by atoms with Crippen LogP contribution in [0.1, 0.15) is 12.8 Å². The van der Waals surface area contributed by atoms with Crippen LogP contribution in [0.15, 0.2) is 65.5 Å². The quantitative estimate of drug-likeness (QED) is 0.716. The number of carbonyl (C=O) groups is 1. The molecule has 0 bridgehead atoms. The lowest BCUT2D eigenvalue weighted by Crippen LogP contribution is -2.39. The SMILES string of the molecule is O=C(Nc1ccccc1F)C1CCN(c2ccc(=O)n(-c3cccc(F)c3)n2)CC1. The Bertz CT molecular complexity index is 1120. The zero-order chi connectivity index (χ0) is 21.1. The first-order chi connectivity index (χ1) is 14.5. The average Bonchev–Trinajstić information content (AvgIpc) is 2.76. The summed E-state index contributed by atoms with van der Waals surface area (Å²) in [7, 11) is 0. The van der Waals surface area contributed by atoms with Gasteiger partial charge in [-0.25, -0.2) is 8.78 Å². The highest BCUT2D eigenvalue weighted by atomic mass is 19.1. The number of carbonyl (C=O) groups excluding carboxylic acids is 1. The zero-order valence-electron chi connectivity index (χ0n) is 16.1. The summed E-state index contributed by atoms with van der Waals surface area (Å²) in [5.74, 6) is -0.792. The first-order valence-corrected chi connectivity index (χ1v) is 9.68. The first kappa shape index (κ1) is 19.8. The molecule has 1 amide bonds. The highest BCUT2D eigenvalue weighted by Crippen LogP contribution is 2.23. The van der Waals surface area contributed by atoms with Crippen LogP contribution in [0, 0.1) is 17.6 Å². The number of para-hydroxylation sites is 1. The molecule has 1 saturated heterocycles. The molecule has 1 aliphatic rings. The molecule has 0 radical (unpaired) electrons. The van der Waals surface area contributed by atoms with Gasteiger partial charge in [0.25, 0.3) is 5.56 Å². The number of nitrogens with zero attached hydrogens (tertiary/aromatic N) is 3. The molecular formula is C22H20F2N4O2. The fourth-order valence-corrected chi connectivity index (χ4v) is 3.53. The van der Waals surface area contributed by atoms with Crippen LogP contribution in [0.2, 0.25) is 0 Å². The van der Waals surface area contributed by atoms with E-state index in [2.05, 4.69) is 10.4 Å². The van der Waals surface area contributed by atoms with Crippen molar-refractivity contribution in [1.29, 1.82) is 0 Å². The van der Waals surface area contributed by atoms with Gasteiger partial charge in [-0.1, -0.05) is 18.2 Å². The van der Waals surface area contributed by atoms with Crippen LogP contribution >= 0.6 is 0 Å². The number of rotatable bonds is 4. The van der Waals surface area contributed by atoms with Gasteiger partial charge in [0.1, 0.15) is 17.5 Å². The van der Waals surface area contributed by atoms with Gasteiger partial charge in [-0.15, -0.1) is 5.10 Å². The van der Waals surface area contributed by atoms with E-state index in [0.29, 0.717) is 37.4 Å². The van der Waals surface area contributed by atoms with Crippen LogP contribution in [-0.4, -0.2) is 28.8 Å². The molecule has 30 heavy (non-hydrogen) atoms. The summed E-state index contributed by atoms with van der Waals surface area (Å²) in [6.07, 6.45) is 1.14. The van der Waals surface area contributed by atoms with Crippen molar-refractivity contribution in [3.8, 4) is 5.69 Å². The predicted molar refractivity (Wildman–Crippen MR) is 110 cm³/mol. The Morgan fingerprint density at radius 3 is 2.50 bits per heavy atom. The number of amides is 1. The molecule has 1 aromatic heterocycles. The second kappa shape index (κ2) is 8.44. The summed E-state index contributed by atoms with van der Waals surface area (Å²) in [6.45, 7) is 1.12. The van der Waals surface area contributed by atoms with E-state index in [1.807, 2.05) is 4.90 Å². The van der Waals surface area contributed by atoms with Crippen molar-refractivity contribution in [2.75, 3.05) is 23.3 Å². The molecule has 1 N–H and O–H groups in total. The van der Waals surface area contributed by atoms with E-state index in [0.717, 1.165) is 4.68 Å². The Hall–Kier alpha value is -3.55. The molecule has 8 heteroatoms. The first-order valence-electron chi connectivity index (χ1n) is 9.68.